The number of aryl methyl sites for hydroxylation is 2. The maximum absolute atomic E-state index is 12.6. The van der Waals surface area contributed by atoms with Crippen LogP contribution < -0.4 is 10.1 Å². The SMILES string of the molecule is CCCOc1ccc(/C=C(\C#N)C(=O)Nc2nc(-c3cc(C)ccc3C)cs2)cc1. The maximum atomic E-state index is 12.6. The Labute approximate surface area is 180 Å². The summed E-state index contributed by atoms with van der Waals surface area (Å²) in [6.07, 6.45) is 2.49. The smallest absolute Gasteiger partial charge is 0.268 e. The highest BCUT2D eigenvalue weighted by Crippen LogP contribution is 2.28. The van der Waals surface area contributed by atoms with Crippen molar-refractivity contribution in [3.8, 4) is 23.1 Å². The molecular formula is C24H23N3O2S. The lowest BCUT2D eigenvalue weighted by Gasteiger charge is -2.05. The Morgan fingerprint density at radius 3 is 2.70 bits per heavy atom. The van der Waals surface area contributed by atoms with E-state index < -0.39 is 5.91 Å². The molecule has 0 bridgehead atoms. The number of ether oxygens (including phenoxy) is 1. The first-order valence-corrected chi connectivity index (χ1v) is 10.6. The average molecular weight is 418 g/mol. The third-order valence-electron chi connectivity index (χ3n) is 4.42. The molecule has 0 atom stereocenters. The van der Waals surface area contributed by atoms with Gasteiger partial charge in [-0.25, -0.2) is 4.98 Å². The number of carbonyl (C=O) groups is 1. The van der Waals surface area contributed by atoms with Crippen LogP contribution in [-0.4, -0.2) is 17.5 Å². The molecule has 0 radical (unpaired) electrons. The third-order valence-corrected chi connectivity index (χ3v) is 5.18. The van der Waals surface area contributed by atoms with Crippen LogP contribution in [0, 0.1) is 25.2 Å². The number of aromatic nitrogens is 1. The van der Waals surface area contributed by atoms with Gasteiger partial charge < -0.3 is 4.74 Å². The van der Waals surface area contributed by atoms with E-state index in [1.807, 2.05) is 56.5 Å². The van der Waals surface area contributed by atoms with Crippen molar-refractivity contribution in [3.63, 3.8) is 0 Å². The first-order chi connectivity index (χ1) is 14.5. The number of anilines is 1. The zero-order valence-electron chi connectivity index (χ0n) is 17.2. The normalized spacial score (nSPS) is 11.1. The van der Waals surface area contributed by atoms with Crippen LogP contribution in [0.3, 0.4) is 0 Å². The lowest BCUT2D eigenvalue weighted by molar-refractivity contribution is -0.112. The van der Waals surface area contributed by atoms with Crippen LogP contribution >= 0.6 is 11.3 Å². The van der Waals surface area contributed by atoms with E-state index in [9.17, 15) is 10.1 Å². The molecule has 0 aliphatic carbocycles. The molecule has 0 aliphatic rings. The Balaban J connectivity index is 1.73. The van der Waals surface area contributed by atoms with Gasteiger partial charge in [0.25, 0.3) is 5.91 Å². The van der Waals surface area contributed by atoms with Gasteiger partial charge in [-0.1, -0.05) is 36.8 Å². The monoisotopic (exact) mass is 417 g/mol. The molecule has 1 heterocycles. The first kappa shape index (κ1) is 21.3. The topological polar surface area (TPSA) is 75.0 Å². The lowest BCUT2D eigenvalue weighted by Crippen LogP contribution is -2.13. The largest absolute Gasteiger partial charge is 0.494 e. The fraction of sp³-hybridized carbons (Fsp3) is 0.208. The summed E-state index contributed by atoms with van der Waals surface area (Å²) in [4.78, 5) is 17.1. The van der Waals surface area contributed by atoms with Gasteiger partial charge in [0.2, 0.25) is 0 Å². The molecule has 3 aromatic rings. The standard InChI is InChI=1S/C24H23N3O2S/c1-4-11-29-20-9-7-18(8-10-20)13-19(14-25)23(28)27-24-26-22(15-30-24)21-12-16(2)5-6-17(21)3/h5-10,12-13,15H,4,11H2,1-3H3,(H,26,27,28)/b19-13+. The van der Waals surface area contributed by atoms with Gasteiger partial charge in [-0.2, -0.15) is 5.26 Å². The van der Waals surface area contributed by atoms with Crippen LogP contribution in [0.15, 0.2) is 53.4 Å². The van der Waals surface area contributed by atoms with Gasteiger partial charge in [-0.3, -0.25) is 10.1 Å². The van der Waals surface area contributed by atoms with Gasteiger partial charge in [-0.05, 0) is 55.7 Å². The fourth-order valence-corrected chi connectivity index (χ4v) is 3.53. The molecule has 30 heavy (non-hydrogen) atoms. The fourth-order valence-electron chi connectivity index (χ4n) is 2.83. The summed E-state index contributed by atoms with van der Waals surface area (Å²) < 4.78 is 5.55. The number of nitrogens with zero attached hydrogens (tertiary/aromatic N) is 2. The van der Waals surface area contributed by atoms with Gasteiger partial charge in [-0.15, -0.1) is 11.3 Å². The zero-order valence-corrected chi connectivity index (χ0v) is 18.0. The molecule has 3 rings (SSSR count). The second-order valence-corrected chi connectivity index (χ2v) is 7.76. The molecule has 5 nitrogen and oxygen atoms in total. The predicted octanol–water partition coefficient (Wildman–Crippen LogP) is 5.76. The quantitative estimate of drug-likeness (QED) is 0.392. The third kappa shape index (κ3) is 5.34. The first-order valence-electron chi connectivity index (χ1n) is 9.69. The van der Waals surface area contributed by atoms with E-state index in [4.69, 9.17) is 4.74 Å². The highest BCUT2D eigenvalue weighted by atomic mass is 32.1. The molecule has 1 N–H and O–H groups in total. The Morgan fingerprint density at radius 2 is 2.00 bits per heavy atom. The minimum absolute atomic E-state index is 0.0145. The Morgan fingerprint density at radius 1 is 1.23 bits per heavy atom. The summed E-state index contributed by atoms with van der Waals surface area (Å²) >= 11 is 1.33. The number of amides is 1. The van der Waals surface area contributed by atoms with E-state index in [-0.39, 0.29) is 5.57 Å². The van der Waals surface area contributed by atoms with Gasteiger partial charge in [0.15, 0.2) is 5.13 Å². The molecule has 0 saturated heterocycles. The highest BCUT2D eigenvalue weighted by Gasteiger charge is 2.13. The number of thiazole rings is 1. The Hall–Kier alpha value is -3.43. The molecule has 1 amide bonds. The van der Waals surface area contributed by atoms with Crippen LogP contribution in [0.5, 0.6) is 5.75 Å². The summed E-state index contributed by atoms with van der Waals surface area (Å²) in [5, 5.41) is 14.5. The van der Waals surface area contributed by atoms with Crippen molar-refractivity contribution in [2.24, 2.45) is 0 Å². The molecule has 0 saturated carbocycles. The van der Waals surface area contributed by atoms with Crippen LogP contribution in [0.25, 0.3) is 17.3 Å². The number of hydrogen-bond donors (Lipinski definition) is 1. The van der Waals surface area contributed by atoms with Crippen molar-refractivity contribution in [1.82, 2.24) is 4.98 Å². The second kappa shape index (κ2) is 9.86. The summed E-state index contributed by atoms with van der Waals surface area (Å²) in [6.45, 7) is 6.76. The maximum Gasteiger partial charge on any atom is 0.268 e. The molecule has 0 unspecified atom stereocenters. The minimum atomic E-state index is -0.481. The molecule has 0 fully saturated rings. The summed E-state index contributed by atoms with van der Waals surface area (Å²) in [7, 11) is 0. The predicted molar refractivity (Wildman–Crippen MR) is 121 cm³/mol. The van der Waals surface area contributed by atoms with Gasteiger partial charge in [0.1, 0.15) is 17.4 Å². The van der Waals surface area contributed by atoms with Crippen molar-refractivity contribution in [1.29, 1.82) is 5.26 Å². The Kier molecular flexibility index (Phi) is 6.99. The number of rotatable bonds is 7. The van der Waals surface area contributed by atoms with E-state index in [1.165, 1.54) is 11.3 Å². The number of nitrogens with one attached hydrogen (secondary N) is 1. The van der Waals surface area contributed by atoms with Crippen LogP contribution in [-0.2, 0) is 4.79 Å². The van der Waals surface area contributed by atoms with Gasteiger partial charge in [0, 0.05) is 10.9 Å². The van der Waals surface area contributed by atoms with E-state index in [2.05, 4.69) is 28.5 Å². The summed E-state index contributed by atoms with van der Waals surface area (Å²) in [5.74, 6) is 0.282. The minimum Gasteiger partial charge on any atom is -0.494 e. The Bertz CT molecular complexity index is 1110. The van der Waals surface area contributed by atoms with E-state index in [0.29, 0.717) is 11.7 Å². The second-order valence-electron chi connectivity index (χ2n) is 6.90. The number of nitriles is 1. The number of benzene rings is 2. The highest BCUT2D eigenvalue weighted by molar-refractivity contribution is 7.14. The molecule has 0 aliphatic heterocycles. The molecule has 6 heteroatoms. The van der Waals surface area contributed by atoms with E-state index in [0.717, 1.165) is 40.1 Å². The lowest BCUT2D eigenvalue weighted by atomic mass is 10.0. The van der Waals surface area contributed by atoms with E-state index in [1.54, 1.807) is 6.08 Å². The summed E-state index contributed by atoms with van der Waals surface area (Å²) in [5.41, 5.74) is 4.87. The van der Waals surface area contributed by atoms with Gasteiger partial charge in [0.05, 0.1) is 12.3 Å². The van der Waals surface area contributed by atoms with E-state index >= 15 is 0 Å². The van der Waals surface area contributed by atoms with Crippen LogP contribution in [0.2, 0.25) is 0 Å². The van der Waals surface area contributed by atoms with Crippen LogP contribution in [0.4, 0.5) is 5.13 Å². The molecule has 1 aromatic heterocycles. The van der Waals surface area contributed by atoms with Crippen molar-refractivity contribution in [2.45, 2.75) is 27.2 Å². The number of carbonyl (C=O) groups excluding carboxylic acids is 1. The van der Waals surface area contributed by atoms with Gasteiger partial charge >= 0.3 is 0 Å². The van der Waals surface area contributed by atoms with Crippen LogP contribution in [0.1, 0.15) is 30.0 Å². The molecule has 2 aromatic carbocycles. The number of hydrogen-bond acceptors (Lipinski definition) is 5. The molecule has 0 spiro atoms. The van der Waals surface area contributed by atoms with Crippen molar-refractivity contribution in [2.75, 3.05) is 11.9 Å². The zero-order chi connectivity index (χ0) is 21.5. The molecule has 152 valence electrons. The molecular weight excluding hydrogens is 394 g/mol. The van der Waals surface area contributed by atoms with Crippen molar-refractivity contribution >= 4 is 28.5 Å². The van der Waals surface area contributed by atoms with Crippen molar-refractivity contribution < 1.29 is 9.53 Å². The average Bonchev–Trinajstić information content (AvgIpc) is 3.21. The van der Waals surface area contributed by atoms with Crippen molar-refractivity contribution in [3.05, 3.63) is 70.1 Å². The summed E-state index contributed by atoms with van der Waals surface area (Å²) in [6, 6.07) is 15.4.